The van der Waals surface area contributed by atoms with E-state index in [1.54, 1.807) is 6.07 Å². The molecular formula is C20H21N3O2. The maximum atomic E-state index is 12.5. The summed E-state index contributed by atoms with van der Waals surface area (Å²) in [6, 6.07) is 15.7. The van der Waals surface area contributed by atoms with Gasteiger partial charge in [0.25, 0.3) is 5.56 Å². The smallest absolute Gasteiger partial charge is 0.261 e. The van der Waals surface area contributed by atoms with Gasteiger partial charge in [0.15, 0.2) is 0 Å². The van der Waals surface area contributed by atoms with Crippen LogP contribution in [0.4, 0.5) is 0 Å². The molecule has 128 valence electrons. The van der Waals surface area contributed by atoms with Gasteiger partial charge in [0.05, 0.1) is 29.9 Å². The van der Waals surface area contributed by atoms with Crippen molar-refractivity contribution in [3.63, 3.8) is 0 Å². The Morgan fingerprint density at radius 3 is 2.68 bits per heavy atom. The molecule has 0 aliphatic carbocycles. The third kappa shape index (κ3) is 3.34. The van der Waals surface area contributed by atoms with Gasteiger partial charge in [0.1, 0.15) is 0 Å². The van der Waals surface area contributed by atoms with Gasteiger partial charge in [-0.05, 0) is 29.7 Å². The number of benzene rings is 2. The van der Waals surface area contributed by atoms with E-state index in [0.29, 0.717) is 17.4 Å². The molecule has 0 spiro atoms. The third-order valence-corrected chi connectivity index (χ3v) is 4.82. The van der Waals surface area contributed by atoms with E-state index >= 15 is 0 Å². The van der Waals surface area contributed by atoms with Crippen molar-refractivity contribution in [3.8, 4) is 0 Å². The summed E-state index contributed by atoms with van der Waals surface area (Å²) in [6.45, 7) is 2.58. The van der Waals surface area contributed by atoms with Gasteiger partial charge in [-0.3, -0.25) is 14.3 Å². The highest BCUT2D eigenvalue weighted by Crippen LogP contribution is 2.18. The Hall–Kier alpha value is -2.50. The number of rotatable bonds is 4. The molecule has 0 saturated carbocycles. The summed E-state index contributed by atoms with van der Waals surface area (Å²) in [4.78, 5) is 19.1. The zero-order valence-corrected chi connectivity index (χ0v) is 14.0. The van der Waals surface area contributed by atoms with Gasteiger partial charge >= 0.3 is 0 Å². The fraction of sp³-hybridized carbons (Fsp3) is 0.300. The van der Waals surface area contributed by atoms with E-state index in [-0.39, 0.29) is 12.1 Å². The van der Waals surface area contributed by atoms with Crippen LogP contribution in [0.1, 0.15) is 11.1 Å². The molecule has 5 heteroatoms. The van der Waals surface area contributed by atoms with Crippen LogP contribution in [-0.4, -0.2) is 38.8 Å². The highest BCUT2D eigenvalue weighted by Gasteiger charge is 2.19. The lowest BCUT2D eigenvalue weighted by Gasteiger charge is -2.30. The van der Waals surface area contributed by atoms with Crippen LogP contribution in [0.5, 0.6) is 0 Å². The number of aromatic nitrogens is 2. The van der Waals surface area contributed by atoms with E-state index in [2.05, 4.69) is 34.1 Å². The van der Waals surface area contributed by atoms with Gasteiger partial charge in [0, 0.05) is 19.6 Å². The largest absolute Gasteiger partial charge is 0.390 e. The van der Waals surface area contributed by atoms with Crippen LogP contribution in [0.25, 0.3) is 10.9 Å². The normalized spacial score (nSPS) is 15.9. The summed E-state index contributed by atoms with van der Waals surface area (Å²) in [6.07, 6.45) is 1.92. The second-order valence-corrected chi connectivity index (χ2v) is 6.63. The molecule has 0 fully saturated rings. The lowest BCUT2D eigenvalue weighted by Crippen LogP contribution is -2.39. The molecule has 25 heavy (non-hydrogen) atoms. The first-order chi connectivity index (χ1) is 12.2. The molecule has 4 rings (SSSR count). The zero-order chi connectivity index (χ0) is 17.2. The van der Waals surface area contributed by atoms with Gasteiger partial charge in [-0.25, -0.2) is 4.98 Å². The van der Waals surface area contributed by atoms with E-state index in [4.69, 9.17) is 0 Å². The van der Waals surface area contributed by atoms with E-state index in [1.807, 2.05) is 18.2 Å². The Morgan fingerprint density at radius 2 is 1.80 bits per heavy atom. The van der Waals surface area contributed by atoms with E-state index in [0.717, 1.165) is 19.5 Å². The van der Waals surface area contributed by atoms with Crippen LogP contribution < -0.4 is 5.56 Å². The van der Waals surface area contributed by atoms with Gasteiger partial charge in [-0.2, -0.15) is 0 Å². The van der Waals surface area contributed by atoms with Crippen LogP contribution >= 0.6 is 0 Å². The molecule has 1 atom stereocenters. The molecule has 0 unspecified atom stereocenters. The van der Waals surface area contributed by atoms with Crippen LogP contribution in [0, 0.1) is 0 Å². The number of aliphatic hydroxyl groups excluding tert-OH is 1. The predicted octanol–water partition coefficient (Wildman–Crippen LogP) is 1.82. The van der Waals surface area contributed by atoms with Crippen molar-refractivity contribution >= 4 is 10.9 Å². The molecule has 0 bridgehead atoms. The summed E-state index contributed by atoms with van der Waals surface area (Å²) >= 11 is 0. The minimum atomic E-state index is -0.606. The molecule has 0 saturated heterocycles. The monoisotopic (exact) mass is 335 g/mol. The Kier molecular flexibility index (Phi) is 4.34. The number of aliphatic hydroxyl groups is 1. The minimum absolute atomic E-state index is 0.103. The number of nitrogens with zero attached hydrogens (tertiary/aromatic N) is 3. The Bertz CT molecular complexity index is 951. The van der Waals surface area contributed by atoms with Crippen LogP contribution in [0.15, 0.2) is 59.7 Å². The molecule has 0 amide bonds. The maximum absolute atomic E-state index is 12.5. The molecule has 1 aromatic heterocycles. The fourth-order valence-corrected chi connectivity index (χ4v) is 3.53. The maximum Gasteiger partial charge on any atom is 0.261 e. The first-order valence-corrected chi connectivity index (χ1v) is 8.62. The molecule has 3 aromatic rings. The standard InChI is InChI=1S/C20H21N3O2/c24-17(12-22-10-9-15-5-1-2-6-16(15)11-22)13-23-14-21-19-8-4-3-7-18(19)20(23)25/h1-8,14,17,24H,9-13H2/t17-/m0/s1. The predicted molar refractivity (Wildman–Crippen MR) is 97.4 cm³/mol. The van der Waals surface area contributed by atoms with E-state index in [9.17, 15) is 9.90 Å². The van der Waals surface area contributed by atoms with Gasteiger partial charge in [-0.1, -0.05) is 36.4 Å². The summed E-state index contributed by atoms with van der Waals surface area (Å²) in [7, 11) is 0. The topological polar surface area (TPSA) is 58.4 Å². The molecule has 5 nitrogen and oxygen atoms in total. The van der Waals surface area contributed by atoms with Crippen LogP contribution in [0.3, 0.4) is 0 Å². The van der Waals surface area contributed by atoms with Crippen LogP contribution in [-0.2, 0) is 19.5 Å². The van der Waals surface area contributed by atoms with Crippen molar-refractivity contribution in [1.29, 1.82) is 0 Å². The molecule has 2 aromatic carbocycles. The number of fused-ring (bicyclic) bond motifs is 2. The third-order valence-electron chi connectivity index (χ3n) is 4.82. The lowest BCUT2D eigenvalue weighted by molar-refractivity contribution is 0.0908. The highest BCUT2D eigenvalue weighted by atomic mass is 16.3. The number of β-amino-alcohol motifs (C(OH)–C–C–N with tert-alkyl or cyclic N) is 1. The minimum Gasteiger partial charge on any atom is -0.390 e. The van der Waals surface area contributed by atoms with Crippen LogP contribution in [0.2, 0.25) is 0 Å². The summed E-state index contributed by atoms with van der Waals surface area (Å²) in [5.41, 5.74) is 3.30. The Labute approximate surface area is 146 Å². The Balaban J connectivity index is 1.45. The molecule has 1 N–H and O–H groups in total. The van der Waals surface area contributed by atoms with E-state index in [1.165, 1.54) is 22.0 Å². The van der Waals surface area contributed by atoms with Crippen molar-refractivity contribution in [3.05, 3.63) is 76.3 Å². The molecule has 0 radical (unpaired) electrons. The molecular weight excluding hydrogens is 314 g/mol. The first-order valence-electron chi connectivity index (χ1n) is 8.62. The van der Waals surface area contributed by atoms with Crippen molar-refractivity contribution in [1.82, 2.24) is 14.5 Å². The number of hydrogen-bond donors (Lipinski definition) is 1. The quantitative estimate of drug-likeness (QED) is 0.790. The second-order valence-electron chi connectivity index (χ2n) is 6.63. The average molecular weight is 335 g/mol. The summed E-state index contributed by atoms with van der Waals surface area (Å²) in [5, 5.41) is 11.1. The van der Waals surface area contributed by atoms with Crippen molar-refractivity contribution < 1.29 is 5.11 Å². The van der Waals surface area contributed by atoms with Crippen molar-refractivity contribution in [2.75, 3.05) is 13.1 Å². The first kappa shape index (κ1) is 16.0. The van der Waals surface area contributed by atoms with E-state index < -0.39 is 6.10 Å². The fourth-order valence-electron chi connectivity index (χ4n) is 3.53. The second kappa shape index (κ2) is 6.78. The molecule has 1 aliphatic rings. The van der Waals surface area contributed by atoms with Gasteiger partial charge < -0.3 is 5.11 Å². The van der Waals surface area contributed by atoms with Crippen molar-refractivity contribution in [2.24, 2.45) is 0 Å². The zero-order valence-electron chi connectivity index (χ0n) is 14.0. The summed E-state index contributed by atoms with van der Waals surface area (Å²) < 4.78 is 1.50. The van der Waals surface area contributed by atoms with Gasteiger partial charge in [-0.15, -0.1) is 0 Å². The average Bonchev–Trinajstić information content (AvgIpc) is 2.64. The molecule has 1 aliphatic heterocycles. The number of hydrogen-bond acceptors (Lipinski definition) is 4. The number of para-hydroxylation sites is 1. The highest BCUT2D eigenvalue weighted by molar-refractivity contribution is 5.76. The summed E-state index contributed by atoms with van der Waals surface area (Å²) in [5.74, 6) is 0. The van der Waals surface area contributed by atoms with Gasteiger partial charge in [0.2, 0.25) is 0 Å². The lowest BCUT2D eigenvalue weighted by atomic mass is 10.00. The SMILES string of the molecule is O=c1c2ccccc2ncn1C[C@@H](O)CN1CCc2ccccc2C1. The van der Waals surface area contributed by atoms with Crippen molar-refractivity contribution in [2.45, 2.75) is 25.6 Å². The molecule has 2 heterocycles. The Morgan fingerprint density at radius 1 is 1.04 bits per heavy atom.